The molecule has 0 radical (unpaired) electrons. The maximum atomic E-state index is 2.40. The zero-order valence-corrected chi connectivity index (χ0v) is 17.5. The molecule has 0 nitrogen and oxygen atoms in total. The van der Waals surface area contributed by atoms with Gasteiger partial charge in [-0.2, -0.15) is 0 Å². The molecule has 0 fully saturated rings. The van der Waals surface area contributed by atoms with Gasteiger partial charge in [0.25, 0.3) is 0 Å². The normalized spacial score (nSPS) is 18.8. The van der Waals surface area contributed by atoms with Crippen LogP contribution in [-0.2, 0) is 25.9 Å². The van der Waals surface area contributed by atoms with Crippen LogP contribution < -0.4 is 37.2 Å². The predicted molar refractivity (Wildman–Crippen MR) is 84.9 cm³/mol. The maximum absolute atomic E-state index is 2.40. The van der Waals surface area contributed by atoms with E-state index in [2.05, 4.69) is 113 Å². The number of benzene rings is 2. The van der Waals surface area contributed by atoms with Crippen LogP contribution in [0.15, 0.2) is 84.5 Å². The van der Waals surface area contributed by atoms with Crippen LogP contribution in [0.3, 0.4) is 0 Å². The predicted octanol–water partition coefficient (Wildman–Crippen LogP) is -3.77. The molecule has 1 aliphatic carbocycles. The fraction of sp³-hybridized carbons (Fsp3) is 0.200. The van der Waals surface area contributed by atoms with Gasteiger partial charge >= 0.3 is 139 Å². The molecule has 24 heavy (non-hydrogen) atoms. The molecule has 1 atom stereocenters. The van der Waals surface area contributed by atoms with E-state index in [9.17, 15) is 0 Å². The van der Waals surface area contributed by atoms with E-state index in [0.717, 1.165) is 0 Å². The van der Waals surface area contributed by atoms with Crippen molar-refractivity contribution in [1.82, 2.24) is 0 Å². The minimum absolute atomic E-state index is 0. The van der Waals surface area contributed by atoms with Crippen molar-refractivity contribution in [3.63, 3.8) is 0 Å². The van der Waals surface area contributed by atoms with Crippen LogP contribution in [-0.4, -0.2) is 0 Å². The van der Waals surface area contributed by atoms with Gasteiger partial charge in [0.1, 0.15) is 0 Å². The third-order valence-electron chi connectivity index (χ3n) is 4.59. The van der Waals surface area contributed by atoms with Gasteiger partial charge in [0.15, 0.2) is 0 Å². The fourth-order valence-corrected chi connectivity index (χ4v) is 4.15. The van der Waals surface area contributed by atoms with E-state index in [1.165, 1.54) is 16.7 Å². The van der Waals surface area contributed by atoms with E-state index in [1.54, 1.807) is 0 Å². The quantitative estimate of drug-likeness (QED) is 0.454. The van der Waals surface area contributed by atoms with Crippen molar-refractivity contribution in [2.75, 3.05) is 0 Å². The molecule has 0 N–H and O–H groups in total. The Hall–Kier alpha value is -0.496. The van der Waals surface area contributed by atoms with Crippen LogP contribution >= 0.6 is 0 Å². The molecule has 0 saturated heterocycles. The van der Waals surface area contributed by atoms with E-state index in [-0.39, 0.29) is 46.4 Å². The molecule has 0 amide bonds. The van der Waals surface area contributed by atoms with Gasteiger partial charge < -0.3 is 37.2 Å². The Balaban J connectivity index is 0.00000176. The number of hydrogen-bond acceptors (Lipinski definition) is 0. The summed E-state index contributed by atoms with van der Waals surface area (Å²) in [5, 5.41) is 0. The number of rotatable bonds is 3. The summed E-state index contributed by atoms with van der Waals surface area (Å²) in [6.07, 6.45) is 6.99. The van der Waals surface area contributed by atoms with E-state index in [1.807, 2.05) is 0 Å². The summed E-state index contributed by atoms with van der Waals surface area (Å²) in [6.45, 7) is 4.54. The van der Waals surface area contributed by atoms with E-state index >= 15 is 0 Å². The van der Waals surface area contributed by atoms with Gasteiger partial charge in [-0.05, 0) is 0 Å². The number of allylic oxidation sites excluding steroid dienone is 4. The van der Waals surface area contributed by atoms with Crippen molar-refractivity contribution in [1.29, 1.82) is 0 Å². The van der Waals surface area contributed by atoms with Crippen molar-refractivity contribution < 1.29 is 57.7 Å². The van der Waals surface area contributed by atoms with Crippen molar-refractivity contribution in [3.05, 3.63) is 95.6 Å². The molecule has 1 unspecified atom stereocenters. The van der Waals surface area contributed by atoms with Crippen molar-refractivity contribution in [3.8, 4) is 0 Å². The topological polar surface area (TPSA) is 0 Å². The Morgan fingerprint density at radius 1 is 0.792 bits per heavy atom. The molecule has 0 aliphatic heterocycles. The summed E-state index contributed by atoms with van der Waals surface area (Å²) < 4.78 is -0.0141. The number of halogens is 3. The Labute approximate surface area is 175 Å². The maximum Gasteiger partial charge on any atom is -1.00 e. The van der Waals surface area contributed by atoms with Crippen LogP contribution in [0.25, 0.3) is 0 Å². The zero-order chi connectivity index (χ0) is 14.9. The van der Waals surface area contributed by atoms with Gasteiger partial charge in [-0.1, -0.05) is 0 Å². The van der Waals surface area contributed by atoms with E-state index in [4.69, 9.17) is 0 Å². The molecule has 0 aromatic heterocycles. The van der Waals surface area contributed by atoms with E-state index < -0.39 is 0 Å². The Morgan fingerprint density at radius 3 is 1.54 bits per heavy atom. The summed E-state index contributed by atoms with van der Waals surface area (Å²) in [5.74, 6) is 0. The van der Waals surface area contributed by atoms with Crippen LogP contribution in [0.5, 0.6) is 0 Å². The first-order chi connectivity index (χ1) is 10.1. The average Bonchev–Trinajstić information content (AvgIpc) is 2.89. The van der Waals surface area contributed by atoms with Gasteiger partial charge in [0.05, 0.1) is 0 Å². The molecule has 4 heteroatoms. The standard InChI is InChI=1S/C20H19.3ClH.Ti/c1-16-13-14-19(15-16)20(2,17-9-5-3-6-10-17)18-11-7-4-8-12-18;;;;/h3-15H,1-2H3;3*1H;/q;;;;+3/p-3. The van der Waals surface area contributed by atoms with Crippen molar-refractivity contribution >= 4 is 0 Å². The summed E-state index contributed by atoms with van der Waals surface area (Å²) in [6, 6.07) is 21.7. The van der Waals surface area contributed by atoms with Gasteiger partial charge in [-0.15, -0.1) is 0 Å². The monoisotopic (exact) mass is 412 g/mol. The molecule has 124 valence electrons. The van der Waals surface area contributed by atoms with Crippen LogP contribution in [0.2, 0.25) is 3.72 Å². The molecule has 0 bridgehead atoms. The van der Waals surface area contributed by atoms with Gasteiger partial charge in [0.2, 0.25) is 0 Å². The van der Waals surface area contributed by atoms with Crippen LogP contribution in [0, 0.1) is 0 Å². The molecule has 0 spiro atoms. The molecular formula is C20H19Cl3Ti. The molecule has 0 saturated carbocycles. The molecule has 2 aromatic carbocycles. The van der Waals surface area contributed by atoms with Gasteiger partial charge in [-0.25, -0.2) is 0 Å². The summed E-state index contributed by atoms with van der Waals surface area (Å²) in [4.78, 5) is 0. The number of hydrogen-bond donors (Lipinski definition) is 0. The average molecular weight is 414 g/mol. The van der Waals surface area contributed by atoms with Crippen LogP contribution in [0.4, 0.5) is 0 Å². The molecule has 3 rings (SSSR count). The SMILES string of the molecule is CC1=C[C]([Ti+3])(C(C)(c2ccccc2)c2ccccc2)C=C1.[Cl-].[Cl-].[Cl-]. The molecule has 2 aromatic rings. The summed E-state index contributed by atoms with van der Waals surface area (Å²) >= 11 is 2.33. The first-order valence-electron chi connectivity index (χ1n) is 7.31. The first kappa shape index (κ1) is 23.5. The smallest absolute Gasteiger partial charge is 1.00 e. The first-order valence-corrected chi connectivity index (χ1v) is 8.09. The van der Waals surface area contributed by atoms with Gasteiger partial charge in [0, 0.05) is 0 Å². The molecule has 0 heterocycles. The fourth-order valence-electron chi connectivity index (χ4n) is 3.22. The molecule has 1 aliphatic rings. The minimum atomic E-state index is -0.0796. The molecular weight excluding hydrogens is 394 g/mol. The second-order valence-electron chi connectivity index (χ2n) is 5.95. The Morgan fingerprint density at radius 2 is 1.21 bits per heavy atom. The Bertz CT molecular complexity index is 656. The Kier molecular flexibility index (Phi) is 9.08. The second-order valence-corrected chi connectivity index (χ2v) is 7.24. The third kappa shape index (κ3) is 4.01. The summed E-state index contributed by atoms with van der Waals surface area (Å²) in [7, 11) is 0. The van der Waals surface area contributed by atoms with E-state index in [0.29, 0.717) is 0 Å². The van der Waals surface area contributed by atoms with Crippen molar-refractivity contribution in [2.24, 2.45) is 0 Å². The summed E-state index contributed by atoms with van der Waals surface area (Å²) in [5.41, 5.74) is 3.98. The zero-order valence-electron chi connectivity index (χ0n) is 13.6. The third-order valence-corrected chi connectivity index (χ3v) is 5.86. The van der Waals surface area contributed by atoms with Crippen molar-refractivity contribution in [2.45, 2.75) is 23.0 Å². The van der Waals surface area contributed by atoms with Crippen LogP contribution in [0.1, 0.15) is 25.0 Å². The van der Waals surface area contributed by atoms with Gasteiger partial charge in [-0.3, -0.25) is 0 Å². The minimum Gasteiger partial charge on any atom is -1.00 e. The second kappa shape index (κ2) is 9.27. The largest absolute Gasteiger partial charge is 1.00 e.